The van der Waals surface area contributed by atoms with Crippen molar-refractivity contribution in [3.63, 3.8) is 0 Å². The number of hydrogen-bond donors (Lipinski definition) is 0. The van der Waals surface area contributed by atoms with Crippen molar-refractivity contribution in [1.82, 2.24) is 4.98 Å². The van der Waals surface area contributed by atoms with Gasteiger partial charge in [0.1, 0.15) is 0 Å². The summed E-state index contributed by atoms with van der Waals surface area (Å²) in [6.07, 6.45) is 3.20. The van der Waals surface area contributed by atoms with Crippen molar-refractivity contribution in [3.8, 4) is 0 Å². The predicted molar refractivity (Wildman–Crippen MR) is 205 cm³/mol. The van der Waals surface area contributed by atoms with Crippen molar-refractivity contribution in [1.29, 1.82) is 0 Å². The van der Waals surface area contributed by atoms with Gasteiger partial charge in [0.2, 0.25) is 6.71 Å². The van der Waals surface area contributed by atoms with E-state index in [2.05, 4.69) is 174 Å². The topological polar surface area (TPSA) is 16.1 Å². The molecule has 0 saturated carbocycles. The molecule has 0 bridgehead atoms. The Morgan fingerprint density at radius 1 is 0.551 bits per heavy atom. The molecule has 0 amide bonds. The third kappa shape index (κ3) is 3.51. The molecule has 0 saturated heterocycles. The number of aromatic nitrogens is 1. The molecule has 49 heavy (non-hydrogen) atoms. The molecule has 5 aromatic carbocycles. The molecular weight excluding hydrogens is 591 g/mol. The maximum Gasteiger partial charge on any atom is 0.249 e. The summed E-state index contributed by atoms with van der Waals surface area (Å²) in [4.78, 5) is 8.09. The van der Waals surface area contributed by atoms with Crippen molar-refractivity contribution >= 4 is 40.2 Å². The van der Waals surface area contributed by atoms with E-state index in [0.717, 1.165) is 12.1 Å². The van der Waals surface area contributed by atoms with Gasteiger partial charge in [-0.3, -0.25) is 4.98 Å². The quantitative estimate of drug-likeness (QED) is 0.177. The second-order valence-electron chi connectivity index (χ2n) is 16.7. The zero-order chi connectivity index (χ0) is 33.5. The molecule has 2 nitrogen and oxygen atoms in total. The van der Waals surface area contributed by atoms with Crippen molar-refractivity contribution in [2.24, 2.45) is 0 Å². The molecule has 1 aliphatic carbocycles. The van der Waals surface area contributed by atoms with Gasteiger partial charge >= 0.3 is 0 Å². The lowest BCUT2D eigenvalue weighted by atomic mass is 9.29. The van der Waals surface area contributed by atoms with E-state index in [1.54, 1.807) is 0 Å². The Morgan fingerprint density at radius 3 is 1.86 bits per heavy atom. The molecule has 0 fully saturated rings. The SMILES string of the molecule is CC1(C)CC(C)(C)c2cc3c(cc21)B1c2cccc4c2N(c2ccccc2C4(C)C)c2ccnc(c21)C3(c1ccccc1)c1ccccc1. The van der Waals surface area contributed by atoms with E-state index in [9.17, 15) is 0 Å². The Labute approximate surface area is 291 Å². The highest BCUT2D eigenvalue weighted by atomic mass is 15.2. The van der Waals surface area contributed by atoms with Crippen LogP contribution in [0.5, 0.6) is 0 Å². The molecule has 0 atom stereocenters. The van der Waals surface area contributed by atoms with Crippen LogP contribution in [0.2, 0.25) is 0 Å². The van der Waals surface area contributed by atoms with Crippen LogP contribution in [0.25, 0.3) is 0 Å². The minimum absolute atomic E-state index is 0.0611. The highest BCUT2D eigenvalue weighted by Crippen LogP contribution is 2.56. The second kappa shape index (κ2) is 9.42. The van der Waals surface area contributed by atoms with Crippen molar-refractivity contribution < 1.29 is 0 Å². The summed E-state index contributed by atoms with van der Waals surface area (Å²) >= 11 is 0. The number of anilines is 3. The Bertz CT molecular complexity index is 2310. The Kier molecular flexibility index (Phi) is 5.59. The van der Waals surface area contributed by atoms with Crippen molar-refractivity contribution in [2.75, 3.05) is 4.90 Å². The van der Waals surface area contributed by atoms with Gasteiger partial charge in [-0.15, -0.1) is 0 Å². The largest absolute Gasteiger partial charge is 0.311 e. The lowest BCUT2D eigenvalue weighted by Crippen LogP contribution is -2.66. The molecule has 238 valence electrons. The second-order valence-corrected chi connectivity index (χ2v) is 16.7. The number of nitrogens with zero attached hydrogens (tertiary/aromatic N) is 2. The minimum atomic E-state index is -0.596. The Morgan fingerprint density at radius 2 is 1.16 bits per heavy atom. The lowest BCUT2D eigenvalue weighted by Gasteiger charge is -2.51. The number of rotatable bonds is 2. The number of fused-ring (bicyclic) bond motifs is 7. The average molecular weight is 633 g/mol. The zero-order valence-electron chi connectivity index (χ0n) is 29.3. The monoisotopic (exact) mass is 632 g/mol. The maximum atomic E-state index is 5.52. The highest BCUT2D eigenvalue weighted by molar-refractivity contribution is 6.99. The molecule has 0 radical (unpaired) electrons. The van der Waals surface area contributed by atoms with Crippen LogP contribution in [0.3, 0.4) is 0 Å². The third-order valence-electron chi connectivity index (χ3n) is 12.6. The fraction of sp³-hybridized carbons (Fsp3) is 0.239. The predicted octanol–water partition coefficient (Wildman–Crippen LogP) is 8.68. The third-order valence-corrected chi connectivity index (χ3v) is 12.6. The van der Waals surface area contributed by atoms with E-state index in [-0.39, 0.29) is 23.0 Å². The normalized spacial score (nSPS) is 18.9. The number of hydrogen-bond acceptors (Lipinski definition) is 2. The standard InChI is InChI=1S/C46H41BN2/c1-43(2)28-44(3,4)34-27-37-35(26-33(34)43)46(29-16-9-7-10-17-29,30-18-11-8-12-19-30)42-40-39(24-25-48-42)49-38-23-14-13-20-31(38)45(5,6)32-21-15-22-36(41(32)49)47(37)40/h7-27H,28H2,1-6H3. The molecule has 1 aromatic heterocycles. The van der Waals surface area contributed by atoms with E-state index in [0.29, 0.717) is 0 Å². The van der Waals surface area contributed by atoms with E-state index in [1.165, 1.54) is 72.4 Å². The maximum absolute atomic E-state index is 5.52. The first-order chi connectivity index (χ1) is 23.6. The summed E-state index contributed by atoms with van der Waals surface area (Å²) in [7, 11) is 0. The van der Waals surface area contributed by atoms with E-state index in [1.807, 2.05) is 0 Å². The lowest BCUT2D eigenvalue weighted by molar-refractivity contribution is 0.403. The Balaban J connectivity index is 1.42. The molecule has 4 aliphatic rings. The molecule has 0 spiro atoms. The van der Waals surface area contributed by atoms with Gasteiger partial charge in [0.15, 0.2) is 0 Å². The van der Waals surface area contributed by atoms with Crippen LogP contribution in [0, 0.1) is 0 Å². The smallest absolute Gasteiger partial charge is 0.249 e. The summed E-state index contributed by atoms with van der Waals surface area (Å²) in [5, 5.41) is 0. The molecule has 4 heterocycles. The summed E-state index contributed by atoms with van der Waals surface area (Å²) in [6.45, 7) is 14.6. The van der Waals surface area contributed by atoms with Crippen LogP contribution < -0.4 is 21.3 Å². The number of para-hydroxylation sites is 2. The Hall–Kier alpha value is -4.89. The highest BCUT2D eigenvalue weighted by Gasteiger charge is 2.55. The van der Waals surface area contributed by atoms with Gasteiger partial charge in [0, 0.05) is 23.0 Å². The van der Waals surface area contributed by atoms with E-state index >= 15 is 0 Å². The molecule has 6 aromatic rings. The van der Waals surface area contributed by atoms with E-state index in [4.69, 9.17) is 4.98 Å². The van der Waals surface area contributed by atoms with Crippen LogP contribution in [-0.4, -0.2) is 11.7 Å². The summed E-state index contributed by atoms with van der Waals surface area (Å²) in [6, 6.07) is 46.1. The summed E-state index contributed by atoms with van der Waals surface area (Å²) in [5.74, 6) is 0. The molecule has 3 aliphatic heterocycles. The zero-order valence-corrected chi connectivity index (χ0v) is 29.3. The van der Waals surface area contributed by atoms with Crippen LogP contribution in [0.4, 0.5) is 17.1 Å². The fourth-order valence-corrected chi connectivity index (χ4v) is 10.8. The van der Waals surface area contributed by atoms with Gasteiger partial charge in [-0.05, 0) is 79.3 Å². The molecule has 3 heteroatoms. The van der Waals surface area contributed by atoms with Crippen LogP contribution in [0.1, 0.15) is 92.6 Å². The van der Waals surface area contributed by atoms with Crippen LogP contribution in [0.15, 0.2) is 128 Å². The van der Waals surface area contributed by atoms with Crippen molar-refractivity contribution in [2.45, 2.75) is 69.6 Å². The van der Waals surface area contributed by atoms with Gasteiger partial charge < -0.3 is 4.90 Å². The first-order valence-electron chi connectivity index (χ1n) is 17.9. The van der Waals surface area contributed by atoms with Gasteiger partial charge in [-0.25, -0.2) is 0 Å². The first-order valence-corrected chi connectivity index (χ1v) is 17.9. The van der Waals surface area contributed by atoms with Crippen LogP contribution in [-0.2, 0) is 21.7 Å². The minimum Gasteiger partial charge on any atom is -0.311 e. The first kappa shape index (κ1) is 29.1. The summed E-state index contributed by atoms with van der Waals surface area (Å²) < 4.78 is 0. The fourth-order valence-electron chi connectivity index (χ4n) is 10.8. The molecule has 0 N–H and O–H groups in total. The molecular formula is C46H41BN2. The molecule has 0 unspecified atom stereocenters. The summed E-state index contributed by atoms with van der Waals surface area (Å²) in [5.41, 5.74) is 18.2. The van der Waals surface area contributed by atoms with E-state index < -0.39 is 5.41 Å². The van der Waals surface area contributed by atoms with Gasteiger partial charge in [-0.2, -0.15) is 0 Å². The number of benzene rings is 5. The molecule has 10 rings (SSSR count). The van der Waals surface area contributed by atoms with Gasteiger partial charge in [0.05, 0.1) is 16.8 Å². The number of pyridine rings is 1. The average Bonchev–Trinajstić information content (AvgIpc) is 3.29. The van der Waals surface area contributed by atoms with Gasteiger partial charge in [0.25, 0.3) is 0 Å². The van der Waals surface area contributed by atoms with Gasteiger partial charge in [-0.1, -0.05) is 156 Å². The van der Waals surface area contributed by atoms with Crippen molar-refractivity contribution in [3.05, 3.63) is 172 Å². The van der Waals surface area contributed by atoms with Crippen LogP contribution >= 0.6 is 0 Å².